The van der Waals surface area contributed by atoms with Gasteiger partial charge in [-0.2, -0.15) is 17.5 Å². The van der Waals surface area contributed by atoms with Gasteiger partial charge in [0.2, 0.25) is 15.9 Å². The quantitative estimate of drug-likeness (QED) is 0.655. The molecule has 2 aromatic carbocycles. The van der Waals surface area contributed by atoms with Gasteiger partial charge in [0.25, 0.3) is 0 Å². The van der Waals surface area contributed by atoms with Gasteiger partial charge in [0.1, 0.15) is 5.75 Å². The Kier molecular flexibility index (Phi) is 7.22. The first-order valence-electron chi connectivity index (χ1n) is 9.53. The minimum atomic E-state index is -4.49. The number of alkyl halides is 3. The molecule has 0 saturated carbocycles. The number of ether oxygens (including phenoxy) is 2. The average molecular weight is 470 g/mol. The molecule has 1 fully saturated rings. The zero-order valence-electron chi connectivity index (χ0n) is 17.1. The van der Waals surface area contributed by atoms with Crippen LogP contribution in [0.4, 0.5) is 18.9 Å². The molecule has 32 heavy (non-hydrogen) atoms. The normalized spacial score (nSPS) is 15.6. The van der Waals surface area contributed by atoms with Gasteiger partial charge in [0.05, 0.1) is 36.5 Å². The number of nitrogens with zero attached hydrogens (tertiary/aromatic N) is 1. The highest BCUT2D eigenvalue weighted by Gasteiger charge is 2.30. The number of halogens is 3. The summed E-state index contributed by atoms with van der Waals surface area (Å²) in [6.45, 7) is 1.02. The molecule has 11 heteroatoms. The molecule has 1 aliphatic rings. The molecule has 0 aliphatic carbocycles. The molecule has 1 aliphatic heterocycles. The standard InChI is InChI=1S/C21H21F3N2O5S/c1-30-19-7-6-17(32(28,29)26-9-11-31-12-10-26)14-18(19)25-20(27)8-5-15-3-2-4-16(13-15)21(22,23)24/h2-8,13-14H,9-12H2,1H3,(H,25,27)/b8-5+. The summed E-state index contributed by atoms with van der Waals surface area (Å²) in [5.41, 5.74) is -0.533. The summed E-state index contributed by atoms with van der Waals surface area (Å²) in [6.07, 6.45) is -2.21. The molecule has 0 spiro atoms. The number of amides is 1. The van der Waals surface area contributed by atoms with Crippen molar-refractivity contribution >= 4 is 27.7 Å². The summed E-state index contributed by atoms with van der Waals surface area (Å²) in [5, 5.41) is 2.51. The van der Waals surface area contributed by atoms with E-state index in [-0.39, 0.29) is 35.0 Å². The van der Waals surface area contributed by atoms with Gasteiger partial charge in [0.15, 0.2) is 0 Å². The van der Waals surface area contributed by atoms with E-state index in [2.05, 4.69) is 5.32 Å². The molecule has 0 bridgehead atoms. The third-order valence-corrected chi connectivity index (χ3v) is 6.57. The summed E-state index contributed by atoms with van der Waals surface area (Å²) in [7, 11) is -2.44. The highest BCUT2D eigenvalue weighted by atomic mass is 32.2. The third-order valence-electron chi connectivity index (χ3n) is 4.68. The van der Waals surface area contributed by atoms with Crippen LogP contribution in [-0.4, -0.2) is 52.0 Å². The summed E-state index contributed by atoms with van der Waals surface area (Å²) in [5.74, 6) is -0.437. The van der Waals surface area contributed by atoms with E-state index in [1.54, 1.807) is 0 Å². The van der Waals surface area contributed by atoms with Gasteiger partial charge in [-0.3, -0.25) is 4.79 Å². The molecule has 1 amide bonds. The van der Waals surface area contributed by atoms with E-state index < -0.39 is 27.7 Å². The van der Waals surface area contributed by atoms with Crippen molar-refractivity contribution in [1.29, 1.82) is 0 Å². The van der Waals surface area contributed by atoms with Gasteiger partial charge in [-0.05, 0) is 42.0 Å². The van der Waals surface area contributed by atoms with Gasteiger partial charge in [-0.15, -0.1) is 0 Å². The van der Waals surface area contributed by atoms with Gasteiger partial charge in [-0.25, -0.2) is 8.42 Å². The lowest BCUT2D eigenvalue weighted by atomic mass is 10.1. The monoisotopic (exact) mass is 470 g/mol. The largest absolute Gasteiger partial charge is 0.495 e. The van der Waals surface area contributed by atoms with E-state index in [4.69, 9.17) is 9.47 Å². The molecular weight excluding hydrogens is 449 g/mol. The number of morpholine rings is 1. The second kappa shape index (κ2) is 9.72. The van der Waals surface area contributed by atoms with E-state index in [9.17, 15) is 26.4 Å². The molecule has 1 saturated heterocycles. The van der Waals surface area contributed by atoms with Crippen LogP contribution in [0.1, 0.15) is 11.1 Å². The fourth-order valence-corrected chi connectivity index (χ4v) is 4.48. The van der Waals surface area contributed by atoms with Crippen molar-refractivity contribution in [2.24, 2.45) is 0 Å². The molecule has 0 aromatic heterocycles. The van der Waals surface area contributed by atoms with Crippen molar-refractivity contribution < 1.29 is 35.9 Å². The molecule has 0 atom stereocenters. The number of benzene rings is 2. The van der Waals surface area contributed by atoms with Crippen molar-refractivity contribution in [3.63, 3.8) is 0 Å². The van der Waals surface area contributed by atoms with Crippen LogP contribution in [0.3, 0.4) is 0 Å². The van der Waals surface area contributed by atoms with Gasteiger partial charge in [-0.1, -0.05) is 12.1 Å². The molecule has 1 heterocycles. The Morgan fingerprint density at radius 2 is 1.88 bits per heavy atom. The maximum Gasteiger partial charge on any atom is 0.416 e. The van der Waals surface area contributed by atoms with Crippen LogP contribution in [0.25, 0.3) is 6.08 Å². The maximum absolute atomic E-state index is 12.9. The number of anilines is 1. The molecule has 0 unspecified atom stereocenters. The highest BCUT2D eigenvalue weighted by Crippen LogP contribution is 2.31. The zero-order chi connectivity index (χ0) is 23.4. The first kappa shape index (κ1) is 23.8. The predicted molar refractivity (Wildman–Crippen MR) is 112 cm³/mol. The summed E-state index contributed by atoms with van der Waals surface area (Å²) < 4.78 is 75.9. The van der Waals surface area contributed by atoms with Crippen LogP contribution in [0.15, 0.2) is 53.4 Å². The lowest BCUT2D eigenvalue weighted by Crippen LogP contribution is -2.40. The van der Waals surface area contributed by atoms with E-state index in [0.717, 1.165) is 18.2 Å². The average Bonchev–Trinajstić information content (AvgIpc) is 2.78. The van der Waals surface area contributed by atoms with Crippen LogP contribution in [0.5, 0.6) is 5.75 Å². The number of carbonyl (C=O) groups excluding carboxylic acids is 1. The fraction of sp³-hybridized carbons (Fsp3) is 0.286. The predicted octanol–water partition coefficient (Wildman–Crippen LogP) is 3.39. The van der Waals surface area contributed by atoms with Crippen LogP contribution < -0.4 is 10.1 Å². The van der Waals surface area contributed by atoms with Crippen molar-refractivity contribution in [2.75, 3.05) is 38.7 Å². The second-order valence-electron chi connectivity index (χ2n) is 6.82. The lowest BCUT2D eigenvalue weighted by molar-refractivity contribution is -0.137. The minimum absolute atomic E-state index is 0.0302. The smallest absolute Gasteiger partial charge is 0.416 e. The SMILES string of the molecule is COc1ccc(S(=O)(=O)N2CCOCC2)cc1NC(=O)/C=C/c1cccc(C(F)(F)F)c1. The molecular formula is C21H21F3N2O5S. The molecule has 7 nitrogen and oxygen atoms in total. The van der Waals surface area contributed by atoms with Gasteiger partial charge in [0, 0.05) is 19.2 Å². The summed E-state index contributed by atoms with van der Waals surface area (Å²) in [6, 6.07) is 8.58. The number of hydrogen-bond donors (Lipinski definition) is 1. The van der Waals surface area contributed by atoms with E-state index in [0.29, 0.717) is 13.2 Å². The van der Waals surface area contributed by atoms with Crippen molar-refractivity contribution in [1.82, 2.24) is 4.31 Å². The first-order valence-corrected chi connectivity index (χ1v) is 11.0. The molecule has 2 aromatic rings. The summed E-state index contributed by atoms with van der Waals surface area (Å²) in [4.78, 5) is 12.3. The zero-order valence-corrected chi connectivity index (χ0v) is 17.9. The Morgan fingerprint density at radius 1 is 1.16 bits per heavy atom. The van der Waals surface area contributed by atoms with E-state index in [1.807, 2.05) is 0 Å². The van der Waals surface area contributed by atoms with Crippen LogP contribution >= 0.6 is 0 Å². The number of nitrogens with one attached hydrogen (secondary N) is 1. The van der Waals surface area contributed by atoms with Crippen LogP contribution in [-0.2, 0) is 25.7 Å². The maximum atomic E-state index is 12.9. The Hall–Kier alpha value is -2.89. The van der Waals surface area contributed by atoms with Crippen molar-refractivity contribution in [3.8, 4) is 5.75 Å². The minimum Gasteiger partial charge on any atom is -0.495 e. The fourth-order valence-electron chi connectivity index (χ4n) is 3.05. The number of carbonyl (C=O) groups is 1. The molecule has 1 N–H and O–H groups in total. The number of sulfonamides is 1. The first-order chi connectivity index (χ1) is 15.1. The lowest BCUT2D eigenvalue weighted by Gasteiger charge is -2.26. The number of methoxy groups -OCH3 is 1. The summed E-state index contributed by atoms with van der Waals surface area (Å²) >= 11 is 0. The van der Waals surface area contributed by atoms with Gasteiger partial charge >= 0.3 is 6.18 Å². The van der Waals surface area contributed by atoms with Crippen LogP contribution in [0.2, 0.25) is 0 Å². The van der Waals surface area contributed by atoms with Crippen LogP contribution in [0, 0.1) is 0 Å². The van der Waals surface area contributed by atoms with E-state index >= 15 is 0 Å². The number of hydrogen-bond acceptors (Lipinski definition) is 5. The topological polar surface area (TPSA) is 84.9 Å². The van der Waals surface area contributed by atoms with E-state index in [1.165, 1.54) is 47.8 Å². The Bertz CT molecular complexity index is 1110. The van der Waals surface area contributed by atoms with Crippen molar-refractivity contribution in [3.05, 3.63) is 59.7 Å². The molecule has 172 valence electrons. The Morgan fingerprint density at radius 3 is 2.53 bits per heavy atom. The van der Waals surface area contributed by atoms with Gasteiger partial charge < -0.3 is 14.8 Å². The van der Waals surface area contributed by atoms with Crippen molar-refractivity contribution in [2.45, 2.75) is 11.1 Å². The Balaban J connectivity index is 1.79. The number of rotatable bonds is 6. The third kappa shape index (κ3) is 5.67. The molecule has 0 radical (unpaired) electrons. The molecule has 3 rings (SSSR count). The highest BCUT2D eigenvalue weighted by molar-refractivity contribution is 7.89. The Labute approximate surface area is 183 Å². The second-order valence-corrected chi connectivity index (χ2v) is 8.76.